The molecule has 1 unspecified atom stereocenters. The van der Waals surface area contributed by atoms with Crippen molar-refractivity contribution in [3.8, 4) is 0 Å². The van der Waals surface area contributed by atoms with E-state index in [1.165, 1.54) is 13.8 Å². The van der Waals surface area contributed by atoms with Gasteiger partial charge in [0.15, 0.2) is 0 Å². The molecule has 0 heterocycles. The van der Waals surface area contributed by atoms with Gasteiger partial charge in [-0.1, -0.05) is 13.8 Å². The number of phosphoric acid groups is 3. The van der Waals surface area contributed by atoms with Crippen molar-refractivity contribution in [1.82, 2.24) is 10.6 Å². The third kappa shape index (κ3) is 94.4. The molecule has 0 spiro atoms. The Kier molecular flexibility index (Phi) is 181. The van der Waals surface area contributed by atoms with Gasteiger partial charge in [-0.05, 0) is 0 Å². The fraction of sp³-hybridized carbons (Fsp3) is 0.818. The van der Waals surface area contributed by atoms with Crippen LogP contribution in [0.3, 0.4) is 0 Å². The van der Waals surface area contributed by atoms with Crippen LogP contribution in [0, 0.1) is 446 Å². The first-order valence-electron chi connectivity index (χ1n) is 8.06. The number of thiol groups is 1. The van der Waals surface area contributed by atoms with Crippen LogP contribution in [0.15, 0.2) is 0 Å². The first kappa shape index (κ1) is 125. The van der Waals surface area contributed by atoms with E-state index in [-0.39, 0.29) is 501 Å². The van der Waals surface area contributed by atoms with Gasteiger partial charge in [-0.3, -0.25) is 14.1 Å². The quantitative estimate of drug-likeness (QED) is 0.0702. The predicted molar refractivity (Wildman–Crippen MR) is 142 cm³/mol. The van der Waals surface area contributed by atoms with E-state index in [2.05, 4.69) is 32.1 Å². The molecule has 10 radical (unpaired) electrons. The van der Waals surface area contributed by atoms with Crippen molar-refractivity contribution in [2.75, 3.05) is 25.4 Å². The van der Waals surface area contributed by atoms with Gasteiger partial charge >= 0.3 is 23.5 Å². The molecule has 37 heteroatoms. The SMILES string of the molecule is CC(C)(COP(=O)(O)OP(=O)(O)O)[C@@H](O)C(=O)NCCC(=O)NCCS.O.O=P(O)(O)O.[Ac].[Ac].[Ac].[Ac].[Ac].[Ac].[Ac].[Ac].[Ac].[Ac].[NH2-].[NH2-].[NH2-].[NH2-].[NH2-].[OH3+]. The van der Waals surface area contributed by atoms with E-state index < -0.39 is 47.5 Å². The minimum absolute atomic E-state index is 0. The zero-order valence-corrected chi connectivity index (χ0v) is 77.2. The third-order valence-corrected chi connectivity index (χ3v) is 5.24. The molecule has 48 heavy (non-hydrogen) atoms. The van der Waals surface area contributed by atoms with Crippen molar-refractivity contribution >= 4 is 47.9 Å². The average molecular weight is 2920 g/mol. The summed E-state index contributed by atoms with van der Waals surface area (Å²) in [7, 11) is -15.0. The fourth-order valence-electron chi connectivity index (χ4n) is 1.52. The Balaban J connectivity index is -0.0000000210. The molecule has 2 atom stereocenters. The normalized spacial score (nSPS) is 9.79. The summed E-state index contributed by atoms with van der Waals surface area (Å²) in [4.78, 5) is 71.0. The largest absolute Gasteiger partial charge is 0.693 e. The maximum absolute atomic E-state index is 11.9. The van der Waals surface area contributed by atoms with Gasteiger partial charge in [-0.2, -0.15) is 16.9 Å². The second-order valence-electron chi connectivity index (χ2n) is 6.33. The maximum atomic E-state index is 11.9. The first-order valence-corrected chi connectivity index (χ1v) is 13.3. The molecule has 2 amide bonds. The molecule has 0 fully saturated rings. The molecule has 0 aromatic heterocycles. The van der Waals surface area contributed by atoms with Gasteiger partial charge in [0.25, 0.3) is 0 Å². The van der Waals surface area contributed by atoms with Gasteiger partial charge in [0, 0.05) is 471 Å². The number of nitrogens with two attached hydrogens (primary N) is 5. The van der Waals surface area contributed by atoms with Crippen molar-refractivity contribution in [2.45, 2.75) is 26.4 Å². The fourth-order valence-corrected chi connectivity index (χ4v) is 3.39. The summed E-state index contributed by atoms with van der Waals surface area (Å²) >= 11 is 3.92. The molecule has 0 saturated heterocycles. The van der Waals surface area contributed by atoms with Crippen molar-refractivity contribution in [3.63, 3.8) is 0 Å². The smallest absolute Gasteiger partial charge is 0.481 e. The van der Waals surface area contributed by atoms with E-state index in [0.717, 1.165) is 0 Å². The first-order chi connectivity index (χ1) is 13.7. The van der Waals surface area contributed by atoms with Crippen molar-refractivity contribution in [3.05, 3.63) is 30.8 Å². The summed E-state index contributed by atoms with van der Waals surface area (Å²) in [6, 6.07) is 0. The Hall–Kier alpha value is 13.8. The van der Waals surface area contributed by atoms with E-state index in [0.29, 0.717) is 12.3 Å². The molecular weight excluding hydrogens is 2880 g/mol. The number of phosphoric ester groups is 1. The van der Waals surface area contributed by atoms with Crippen LogP contribution in [0.4, 0.5) is 0 Å². The van der Waals surface area contributed by atoms with Gasteiger partial charge in [0.1, 0.15) is 6.10 Å². The average Bonchev–Trinajstić information content (AvgIpc) is 2.54. The van der Waals surface area contributed by atoms with Crippen LogP contribution < -0.4 is 10.6 Å². The number of hydrogen-bond acceptors (Lipinski definition) is 9. The zero-order valence-electron chi connectivity index (χ0n) is 26.1. The Labute approximate surface area is 645 Å². The molecule has 0 aromatic carbocycles. The van der Waals surface area contributed by atoms with E-state index in [4.69, 9.17) is 29.0 Å². The van der Waals surface area contributed by atoms with E-state index in [9.17, 15) is 28.7 Å². The number of carbonyl (C=O) groups excluding carboxylic acids is 2. The molecule has 0 aromatic rings. The molecule has 272 valence electrons. The van der Waals surface area contributed by atoms with Crippen LogP contribution >= 0.6 is 36.1 Å². The number of amides is 2. The number of hydrogen-bond donors (Lipinski definition) is 10. The van der Waals surface area contributed by atoms with E-state index in [1.54, 1.807) is 0 Å². The third-order valence-electron chi connectivity index (χ3n) is 2.88. The second kappa shape index (κ2) is 69.8. The number of aliphatic hydroxyl groups excluding tert-OH is 1. The Morgan fingerprint density at radius 3 is 1.31 bits per heavy atom. The van der Waals surface area contributed by atoms with Crippen molar-refractivity contribution in [1.29, 1.82) is 0 Å². The minimum atomic E-state index is -5.27. The molecule has 0 aliphatic carbocycles. The topological polar surface area (TPSA) is 501 Å². The summed E-state index contributed by atoms with van der Waals surface area (Å²) in [5, 5.41) is 14.9. The summed E-state index contributed by atoms with van der Waals surface area (Å²) in [5.41, 5.74) is -1.41. The molecule has 0 bridgehead atoms. The van der Waals surface area contributed by atoms with Crippen LogP contribution in [0.5, 0.6) is 0 Å². The Bertz CT molecular complexity index is 767. The predicted octanol–water partition coefficient (Wildman–Crippen LogP) is 0.0624. The van der Waals surface area contributed by atoms with Gasteiger partial charge in [0.2, 0.25) is 11.8 Å². The zero-order chi connectivity index (χ0) is 25.1. The molecule has 0 saturated carbocycles. The number of carbonyl (C=O) groups is 2. The number of rotatable bonds is 12. The molecule has 24 N–H and O–H groups in total. The van der Waals surface area contributed by atoms with E-state index in [1.807, 2.05) is 0 Å². The molecule has 0 aliphatic rings. The minimum Gasteiger partial charge on any atom is -0.693 e. The van der Waals surface area contributed by atoms with Crippen LogP contribution in [-0.4, -0.2) is 83.3 Å². The second-order valence-corrected chi connectivity index (χ2v) is 10.6. The summed E-state index contributed by atoms with van der Waals surface area (Å²) in [6.45, 7) is 2.23. The maximum Gasteiger partial charge on any atom is 0.481 e. The monoisotopic (exact) mass is 2920 g/mol. The van der Waals surface area contributed by atoms with Crippen LogP contribution in [0.2, 0.25) is 0 Å². The Morgan fingerprint density at radius 2 is 1.04 bits per heavy atom. The van der Waals surface area contributed by atoms with Crippen LogP contribution in [-0.2, 0) is 37.6 Å². The van der Waals surface area contributed by atoms with Crippen molar-refractivity contribution in [2.24, 2.45) is 5.41 Å². The van der Waals surface area contributed by atoms with Gasteiger partial charge in [0.05, 0.1) is 6.61 Å². The van der Waals surface area contributed by atoms with Crippen LogP contribution in [0.25, 0.3) is 30.8 Å². The number of nitrogens with one attached hydrogen (secondary N) is 2. The summed E-state index contributed by atoms with van der Waals surface area (Å²) in [5.74, 6) is -0.706. The van der Waals surface area contributed by atoms with E-state index >= 15 is 0 Å². The van der Waals surface area contributed by atoms with Crippen LogP contribution in [0.1, 0.15) is 20.3 Å². The molecule has 23 nitrogen and oxygen atoms in total. The molecule has 0 aliphatic heterocycles. The summed E-state index contributed by atoms with van der Waals surface area (Å²) in [6.07, 6.45) is -1.72. The van der Waals surface area contributed by atoms with Gasteiger partial charge < -0.3 is 86.8 Å². The molecule has 0 rings (SSSR count). The van der Waals surface area contributed by atoms with Gasteiger partial charge in [-0.15, -0.1) is 0 Å². The number of aliphatic hydroxyl groups is 1. The molecular formula is C11H42Ac10N7O16P3S-4. The van der Waals surface area contributed by atoms with Crippen molar-refractivity contribution < 1.29 is 518 Å². The van der Waals surface area contributed by atoms with Gasteiger partial charge in [-0.25, -0.2) is 13.7 Å². The standard InChI is InChI=1S/C11H24N2O10P2S.10Ac.5H2N.H3O4P.2H2O/c1-11(2,7-22-25(20,21)23-24(17,18)19)9(15)10(16)13-4-3-8(14)12-5-6-26;;;;;;;;;;;;;;;;1-5(2,3)4;;/h9,15,26H,3-7H2,1-2H3,(H,12,14)(H,13,16)(H,20,21)(H2,17,18,19);;;;;;;;;;;5*1H2;(H3,1,2,3,4);2*1H2/q;;;;;;;;;;;5*-1;;;/p+1/t9-;;;;;;;;;;;;;;;;;;/m0................../s1. The Morgan fingerprint density at radius 1 is 0.729 bits per heavy atom. The summed E-state index contributed by atoms with van der Waals surface area (Å²) < 4.78 is 38.9.